The lowest BCUT2D eigenvalue weighted by atomic mass is 10.1. The summed E-state index contributed by atoms with van der Waals surface area (Å²) in [5.74, 6) is -1.05. The third kappa shape index (κ3) is 2.49. The molecule has 2 N–H and O–H groups in total. The number of hydrogen-bond acceptors (Lipinski definition) is 4. The summed E-state index contributed by atoms with van der Waals surface area (Å²) in [4.78, 5) is 41.6. The minimum Gasteiger partial charge on any atom is -0.348 e. The summed E-state index contributed by atoms with van der Waals surface area (Å²) in [6.07, 6.45) is -0.833. The van der Waals surface area contributed by atoms with Gasteiger partial charge < -0.3 is 14.5 Å². The van der Waals surface area contributed by atoms with E-state index in [0.717, 1.165) is 4.90 Å². The lowest BCUT2D eigenvalue weighted by molar-refractivity contribution is 0.0325. The summed E-state index contributed by atoms with van der Waals surface area (Å²) < 4.78 is 15.2. The van der Waals surface area contributed by atoms with Crippen molar-refractivity contribution in [3.63, 3.8) is 0 Å². The van der Waals surface area contributed by atoms with Crippen LogP contribution in [0.3, 0.4) is 0 Å². The number of nitrogens with zero attached hydrogens (tertiary/aromatic N) is 1. The Balaban J connectivity index is 2.07. The molecule has 96 valence electrons. The fraction of sp³-hybridized carbons (Fsp3) is 0.200. The molecule has 0 atom stereocenters. The van der Waals surface area contributed by atoms with Gasteiger partial charge in [0.2, 0.25) is 0 Å². The SMILES string of the molecule is O=C1c2ccccc2C(=O)N1COCP(=O)(O)O. The Labute approximate surface area is 102 Å². The van der Waals surface area contributed by atoms with Gasteiger partial charge in [-0.2, -0.15) is 0 Å². The third-order valence-electron chi connectivity index (χ3n) is 2.36. The molecule has 1 heterocycles. The first-order chi connectivity index (χ1) is 8.40. The van der Waals surface area contributed by atoms with Gasteiger partial charge in [0.15, 0.2) is 6.35 Å². The fourth-order valence-electron chi connectivity index (χ4n) is 1.61. The molecule has 0 bridgehead atoms. The van der Waals surface area contributed by atoms with Crippen LogP contribution in [0.15, 0.2) is 24.3 Å². The zero-order valence-electron chi connectivity index (χ0n) is 9.15. The number of carbonyl (C=O) groups is 2. The molecule has 0 saturated heterocycles. The van der Waals surface area contributed by atoms with E-state index in [-0.39, 0.29) is 11.1 Å². The molecule has 7 nitrogen and oxygen atoms in total. The van der Waals surface area contributed by atoms with E-state index in [2.05, 4.69) is 4.74 Å². The van der Waals surface area contributed by atoms with Crippen LogP contribution in [0.5, 0.6) is 0 Å². The van der Waals surface area contributed by atoms with Gasteiger partial charge in [-0.15, -0.1) is 0 Å². The summed E-state index contributed by atoms with van der Waals surface area (Å²) in [7, 11) is -4.31. The number of fused-ring (bicyclic) bond motifs is 1. The smallest absolute Gasteiger partial charge is 0.348 e. The van der Waals surface area contributed by atoms with Crippen LogP contribution in [0, 0.1) is 0 Å². The number of ether oxygens (including phenoxy) is 1. The predicted octanol–water partition coefficient (Wildman–Crippen LogP) is 0.392. The second kappa shape index (κ2) is 4.62. The highest BCUT2D eigenvalue weighted by Crippen LogP contribution is 2.34. The van der Waals surface area contributed by atoms with E-state index < -0.39 is 32.5 Å². The molecule has 1 aromatic carbocycles. The van der Waals surface area contributed by atoms with Crippen molar-refractivity contribution in [2.45, 2.75) is 0 Å². The minimum absolute atomic E-state index is 0.266. The number of carbonyl (C=O) groups excluding carboxylic acids is 2. The van der Waals surface area contributed by atoms with Crippen molar-refractivity contribution in [2.24, 2.45) is 0 Å². The largest absolute Gasteiger partial charge is 0.351 e. The van der Waals surface area contributed by atoms with Crippen molar-refractivity contribution >= 4 is 19.4 Å². The standard InChI is InChI=1S/C10H10NO6P/c12-9-7-3-1-2-4-8(7)10(13)11(9)5-17-6-18(14,15)16/h1-4H,5-6H2,(H2,14,15,16). The van der Waals surface area contributed by atoms with E-state index in [9.17, 15) is 14.2 Å². The molecule has 0 unspecified atom stereocenters. The molecule has 0 aromatic heterocycles. The Hall–Kier alpha value is -1.53. The van der Waals surface area contributed by atoms with Crippen molar-refractivity contribution < 1.29 is 28.7 Å². The molecule has 0 fully saturated rings. The number of hydrogen-bond donors (Lipinski definition) is 2. The van der Waals surface area contributed by atoms with Crippen molar-refractivity contribution in [2.75, 3.05) is 13.1 Å². The van der Waals surface area contributed by atoms with Crippen molar-refractivity contribution in [1.82, 2.24) is 4.90 Å². The number of rotatable bonds is 4. The Morgan fingerprint density at radius 2 is 1.61 bits per heavy atom. The molecule has 0 saturated carbocycles. The maximum absolute atomic E-state index is 11.8. The van der Waals surface area contributed by atoms with E-state index in [1.807, 2.05) is 0 Å². The van der Waals surface area contributed by atoms with Gasteiger partial charge in [0.25, 0.3) is 11.8 Å². The third-order valence-corrected chi connectivity index (χ3v) is 2.88. The summed E-state index contributed by atoms with van der Waals surface area (Å²) in [5.41, 5.74) is 0.532. The summed E-state index contributed by atoms with van der Waals surface area (Å²) >= 11 is 0. The highest BCUT2D eigenvalue weighted by atomic mass is 31.2. The van der Waals surface area contributed by atoms with Gasteiger partial charge >= 0.3 is 7.60 Å². The van der Waals surface area contributed by atoms with E-state index in [1.54, 1.807) is 12.1 Å². The van der Waals surface area contributed by atoms with Gasteiger partial charge in [0.05, 0.1) is 11.1 Å². The van der Waals surface area contributed by atoms with E-state index in [1.165, 1.54) is 12.1 Å². The molecule has 2 amide bonds. The summed E-state index contributed by atoms with van der Waals surface area (Å²) in [5, 5.41) is 0. The van der Waals surface area contributed by atoms with Crippen LogP contribution in [-0.2, 0) is 9.30 Å². The lowest BCUT2D eigenvalue weighted by Crippen LogP contribution is -2.32. The minimum atomic E-state index is -4.31. The predicted molar refractivity (Wildman–Crippen MR) is 59.8 cm³/mol. The monoisotopic (exact) mass is 271 g/mol. The summed E-state index contributed by atoms with van der Waals surface area (Å²) in [6, 6.07) is 6.28. The Kier molecular flexibility index (Phi) is 3.32. The van der Waals surface area contributed by atoms with Crippen LogP contribution in [-0.4, -0.2) is 39.6 Å². The molecular weight excluding hydrogens is 261 g/mol. The Morgan fingerprint density at radius 3 is 2.06 bits per heavy atom. The molecule has 1 aromatic rings. The normalized spacial score (nSPS) is 15.1. The molecule has 18 heavy (non-hydrogen) atoms. The molecule has 1 aliphatic heterocycles. The van der Waals surface area contributed by atoms with Crippen LogP contribution in [0.25, 0.3) is 0 Å². The zero-order chi connectivity index (χ0) is 13.3. The number of imide groups is 1. The molecule has 1 aliphatic rings. The molecule has 0 radical (unpaired) electrons. The molecule has 0 aliphatic carbocycles. The zero-order valence-corrected chi connectivity index (χ0v) is 10.0. The number of amides is 2. The van der Waals surface area contributed by atoms with Gasteiger partial charge in [-0.1, -0.05) is 12.1 Å². The molecule has 8 heteroatoms. The van der Waals surface area contributed by atoms with Crippen LogP contribution in [0.1, 0.15) is 20.7 Å². The molecule has 0 spiro atoms. The van der Waals surface area contributed by atoms with Gasteiger partial charge in [0, 0.05) is 0 Å². The average Bonchev–Trinajstić information content (AvgIpc) is 2.53. The van der Waals surface area contributed by atoms with E-state index in [4.69, 9.17) is 9.79 Å². The van der Waals surface area contributed by atoms with Crippen molar-refractivity contribution in [3.8, 4) is 0 Å². The highest BCUT2D eigenvalue weighted by molar-refractivity contribution is 7.51. The first kappa shape index (κ1) is 12.9. The second-order valence-corrected chi connectivity index (χ2v) is 5.30. The quantitative estimate of drug-likeness (QED) is 0.606. The van der Waals surface area contributed by atoms with Crippen LogP contribution in [0.2, 0.25) is 0 Å². The maximum atomic E-state index is 11.8. The first-order valence-electron chi connectivity index (χ1n) is 4.98. The van der Waals surface area contributed by atoms with Gasteiger partial charge in [-0.05, 0) is 12.1 Å². The van der Waals surface area contributed by atoms with Gasteiger partial charge in [-0.25, -0.2) is 4.90 Å². The average molecular weight is 271 g/mol. The van der Waals surface area contributed by atoms with Crippen molar-refractivity contribution in [1.29, 1.82) is 0 Å². The molecule has 2 rings (SSSR count). The molecular formula is C10H10NO6P. The van der Waals surface area contributed by atoms with Crippen LogP contribution < -0.4 is 0 Å². The maximum Gasteiger partial charge on any atom is 0.351 e. The topological polar surface area (TPSA) is 104 Å². The summed E-state index contributed by atoms with van der Waals surface area (Å²) in [6.45, 7) is -0.475. The van der Waals surface area contributed by atoms with E-state index >= 15 is 0 Å². The van der Waals surface area contributed by atoms with Gasteiger partial charge in [0.1, 0.15) is 6.73 Å². The lowest BCUT2D eigenvalue weighted by Gasteiger charge is -2.14. The Bertz CT molecular complexity index is 516. The van der Waals surface area contributed by atoms with Gasteiger partial charge in [-0.3, -0.25) is 14.2 Å². The highest BCUT2D eigenvalue weighted by Gasteiger charge is 2.35. The van der Waals surface area contributed by atoms with Crippen LogP contribution in [0.4, 0.5) is 0 Å². The first-order valence-corrected chi connectivity index (χ1v) is 6.77. The van der Waals surface area contributed by atoms with Crippen LogP contribution >= 0.6 is 7.60 Å². The second-order valence-electron chi connectivity index (χ2n) is 3.71. The van der Waals surface area contributed by atoms with Crippen molar-refractivity contribution in [3.05, 3.63) is 35.4 Å². The number of benzene rings is 1. The van der Waals surface area contributed by atoms with E-state index in [0.29, 0.717) is 0 Å². The fourth-order valence-corrected chi connectivity index (χ4v) is 1.93. The Morgan fingerprint density at radius 1 is 1.11 bits per heavy atom.